The molecule has 0 radical (unpaired) electrons. The monoisotopic (exact) mass is 241 g/mol. The average molecular weight is 241 g/mol. The number of thiol groups is 1. The third-order valence-electron chi connectivity index (χ3n) is 1.70. The largest absolute Gasteiger partial charge is 0.379 e. The van der Waals surface area contributed by atoms with E-state index in [9.17, 15) is 8.42 Å². The minimum absolute atomic E-state index is 0.204. The van der Waals surface area contributed by atoms with Gasteiger partial charge < -0.3 is 9.64 Å². The molecule has 0 atom stereocenters. The normalized spacial score (nSPS) is 12.3. The third-order valence-corrected chi connectivity index (χ3v) is 2.80. The third kappa shape index (κ3) is 10.3. The molecule has 0 bridgehead atoms. The van der Waals surface area contributed by atoms with Crippen LogP contribution in [0.3, 0.4) is 0 Å². The van der Waals surface area contributed by atoms with Crippen molar-refractivity contribution in [2.75, 3.05) is 51.1 Å². The zero-order chi connectivity index (χ0) is 11.0. The summed E-state index contributed by atoms with van der Waals surface area (Å²) >= 11 is 4.01. The van der Waals surface area contributed by atoms with Crippen molar-refractivity contribution < 1.29 is 13.2 Å². The Hall–Kier alpha value is 0.220. The molecule has 0 aliphatic rings. The summed E-state index contributed by atoms with van der Waals surface area (Å²) in [4.78, 5) is 1.94. The maximum Gasteiger partial charge on any atom is 0.148 e. The Morgan fingerprint density at radius 3 is 2.43 bits per heavy atom. The SMILES string of the molecule is CN(CCOCCS)CCS(C)(=O)=O. The van der Waals surface area contributed by atoms with E-state index in [1.54, 1.807) is 0 Å². The molecule has 0 N–H and O–H groups in total. The van der Waals surface area contributed by atoms with Gasteiger partial charge in [0.05, 0.1) is 19.0 Å². The minimum Gasteiger partial charge on any atom is -0.379 e. The summed E-state index contributed by atoms with van der Waals surface area (Å²) in [7, 11) is -0.965. The number of hydrogen-bond donors (Lipinski definition) is 1. The summed E-state index contributed by atoms with van der Waals surface area (Å²) in [5, 5.41) is 0. The fourth-order valence-corrected chi connectivity index (χ4v) is 1.59. The summed E-state index contributed by atoms with van der Waals surface area (Å²) in [5.74, 6) is 0.920. The van der Waals surface area contributed by atoms with Crippen LogP contribution in [0.25, 0.3) is 0 Å². The standard InChI is InChI=1S/C8H19NO3S2/c1-9(3-5-12-6-7-13)4-8-14(2,10)11/h13H,3-8H2,1-2H3. The van der Waals surface area contributed by atoms with Crippen LogP contribution in [-0.2, 0) is 14.6 Å². The highest BCUT2D eigenvalue weighted by atomic mass is 32.2. The summed E-state index contributed by atoms with van der Waals surface area (Å²) < 4.78 is 26.9. The van der Waals surface area contributed by atoms with Crippen LogP contribution in [0.15, 0.2) is 0 Å². The predicted molar refractivity (Wildman–Crippen MR) is 61.9 cm³/mol. The predicted octanol–water partition coefficient (Wildman–Crippen LogP) is -0.0908. The maximum absolute atomic E-state index is 10.8. The zero-order valence-electron chi connectivity index (χ0n) is 8.77. The molecule has 86 valence electrons. The molecule has 0 fully saturated rings. The molecular weight excluding hydrogens is 222 g/mol. The van der Waals surface area contributed by atoms with E-state index in [2.05, 4.69) is 12.6 Å². The fraction of sp³-hybridized carbons (Fsp3) is 1.00. The Morgan fingerprint density at radius 1 is 1.29 bits per heavy atom. The van der Waals surface area contributed by atoms with Gasteiger partial charge in [-0.3, -0.25) is 0 Å². The topological polar surface area (TPSA) is 46.6 Å². The molecule has 4 nitrogen and oxygen atoms in total. The maximum atomic E-state index is 10.8. The Bertz CT molecular complexity index is 229. The number of rotatable bonds is 8. The van der Waals surface area contributed by atoms with E-state index in [1.807, 2.05) is 11.9 Å². The molecule has 0 unspecified atom stereocenters. The molecule has 0 heterocycles. The summed E-state index contributed by atoms with van der Waals surface area (Å²) in [5.41, 5.74) is 0. The second kappa shape index (κ2) is 7.50. The van der Waals surface area contributed by atoms with E-state index in [4.69, 9.17) is 4.74 Å². The van der Waals surface area contributed by atoms with E-state index in [0.717, 1.165) is 6.54 Å². The summed E-state index contributed by atoms with van der Waals surface area (Å²) in [6.45, 7) is 2.58. The highest BCUT2D eigenvalue weighted by molar-refractivity contribution is 7.90. The van der Waals surface area contributed by atoms with Crippen molar-refractivity contribution >= 4 is 22.5 Å². The lowest BCUT2D eigenvalue weighted by molar-refractivity contribution is 0.126. The number of likely N-dealkylation sites (N-methyl/N-ethyl adjacent to an activating group) is 1. The smallest absolute Gasteiger partial charge is 0.148 e. The van der Waals surface area contributed by atoms with E-state index in [1.165, 1.54) is 6.26 Å². The zero-order valence-corrected chi connectivity index (χ0v) is 10.5. The van der Waals surface area contributed by atoms with Crippen LogP contribution in [0.1, 0.15) is 0 Å². The lowest BCUT2D eigenvalue weighted by Crippen LogP contribution is -2.28. The number of sulfone groups is 1. The van der Waals surface area contributed by atoms with Crippen LogP contribution in [0.2, 0.25) is 0 Å². The van der Waals surface area contributed by atoms with Crippen molar-refractivity contribution in [2.45, 2.75) is 0 Å². The van der Waals surface area contributed by atoms with E-state index in [0.29, 0.717) is 25.5 Å². The molecule has 0 spiro atoms. The van der Waals surface area contributed by atoms with Crippen molar-refractivity contribution in [3.05, 3.63) is 0 Å². The van der Waals surface area contributed by atoms with Crippen molar-refractivity contribution in [3.63, 3.8) is 0 Å². The number of hydrogen-bond acceptors (Lipinski definition) is 5. The summed E-state index contributed by atoms with van der Waals surface area (Å²) in [6.07, 6.45) is 1.25. The molecule has 6 heteroatoms. The molecule has 0 amide bonds. The first-order valence-corrected chi connectivity index (χ1v) is 7.20. The van der Waals surface area contributed by atoms with Crippen molar-refractivity contribution in [2.24, 2.45) is 0 Å². The molecule has 0 aromatic carbocycles. The Kier molecular flexibility index (Phi) is 7.62. The van der Waals surface area contributed by atoms with Gasteiger partial charge in [-0.1, -0.05) is 0 Å². The Labute approximate surface area is 91.9 Å². The van der Waals surface area contributed by atoms with Gasteiger partial charge in [-0.05, 0) is 7.05 Å². The van der Waals surface area contributed by atoms with Gasteiger partial charge in [-0.25, -0.2) is 8.42 Å². The van der Waals surface area contributed by atoms with Gasteiger partial charge >= 0.3 is 0 Å². The van der Waals surface area contributed by atoms with Gasteiger partial charge in [0.2, 0.25) is 0 Å². The van der Waals surface area contributed by atoms with E-state index < -0.39 is 9.84 Å². The molecule has 0 aliphatic carbocycles. The van der Waals surface area contributed by atoms with Crippen molar-refractivity contribution in [1.29, 1.82) is 0 Å². The minimum atomic E-state index is -2.85. The highest BCUT2D eigenvalue weighted by Crippen LogP contribution is 1.88. The quantitative estimate of drug-likeness (QED) is 0.476. The van der Waals surface area contributed by atoms with Gasteiger partial charge in [0.1, 0.15) is 9.84 Å². The van der Waals surface area contributed by atoms with Crippen LogP contribution in [0.5, 0.6) is 0 Å². The Balaban J connectivity index is 3.42. The molecule has 0 aromatic rings. The summed E-state index contributed by atoms with van der Waals surface area (Å²) in [6, 6.07) is 0. The number of ether oxygens (including phenoxy) is 1. The second-order valence-electron chi connectivity index (χ2n) is 3.27. The molecule has 0 saturated carbocycles. The van der Waals surface area contributed by atoms with Gasteiger partial charge in [-0.15, -0.1) is 0 Å². The average Bonchev–Trinajstić information content (AvgIpc) is 2.08. The van der Waals surface area contributed by atoms with Crippen LogP contribution in [0.4, 0.5) is 0 Å². The van der Waals surface area contributed by atoms with Gasteiger partial charge in [0.25, 0.3) is 0 Å². The second-order valence-corrected chi connectivity index (χ2v) is 5.98. The van der Waals surface area contributed by atoms with Gasteiger partial charge in [-0.2, -0.15) is 12.6 Å². The highest BCUT2D eigenvalue weighted by Gasteiger charge is 2.04. The van der Waals surface area contributed by atoms with Crippen LogP contribution >= 0.6 is 12.6 Å². The Morgan fingerprint density at radius 2 is 1.93 bits per heavy atom. The van der Waals surface area contributed by atoms with Crippen LogP contribution in [0, 0.1) is 0 Å². The lowest BCUT2D eigenvalue weighted by Gasteiger charge is -2.15. The van der Waals surface area contributed by atoms with Gasteiger partial charge in [0, 0.05) is 25.1 Å². The first-order chi connectivity index (χ1) is 6.45. The van der Waals surface area contributed by atoms with E-state index in [-0.39, 0.29) is 5.75 Å². The first-order valence-electron chi connectivity index (χ1n) is 4.50. The van der Waals surface area contributed by atoms with Crippen molar-refractivity contribution in [3.8, 4) is 0 Å². The lowest BCUT2D eigenvalue weighted by atomic mass is 10.5. The van der Waals surface area contributed by atoms with Crippen LogP contribution in [-0.4, -0.2) is 64.4 Å². The molecule has 0 rings (SSSR count). The van der Waals surface area contributed by atoms with Gasteiger partial charge in [0.15, 0.2) is 0 Å². The van der Waals surface area contributed by atoms with Crippen molar-refractivity contribution in [1.82, 2.24) is 4.90 Å². The molecule has 0 aromatic heterocycles. The molecule has 0 saturated heterocycles. The molecular formula is C8H19NO3S2. The first kappa shape index (κ1) is 14.2. The van der Waals surface area contributed by atoms with Crippen LogP contribution < -0.4 is 0 Å². The number of nitrogens with zero attached hydrogens (tertiary/aromatic N) is 1. The molecule has 0 aliphatic heterocycles. The molecule has 14 heavy (non-hydrogen) atoms. The fourth-order valence-electron chi connectivity index (χ4n) is 0.820. The van der Waals surface area contributed by atoms with E-state index >= 15 is 0 Å².